The Morgan fingerprint density at radius 3 is 2.52 bits per heavy atom. The topological polar surface area (TPSA) is 89.3 Å². The molecule has 0 radical (unpaired) electrons. The lowest BCUT2D eigenvalue weighted by atomic mass is 10.1. The molecule has 0 spiro atoms. The SMILES string of the molecule is O=[N+]([O-])c1cccnc1Nc1ccc(NC2CCOCC2)cc1. The number of hydrogen-bond acceptors (Lipinski definition) is 6. The van der Waals surface area contributed by atoms with Crippen molar-refractivity contribution in [1.82, 2.24) is 4.98 Å². The first kappa shape index (κ1) is 15.2. The Kier molecular flexibility index (Phi) is 4.68. The first-order valence-electron chi connectivity index (χ1n) is 7.53. The maximum atomic E-state index is 11.0. The van der Waals surface area contributed by atoms with Gasteiger partial charge >= 0.3 is 5.69 Å². The number of hydrogen-bond donors (Lipinski definition) is 2. The molecule has 0 unspecified atom stereocenters. The Hall–Kier alpha value is -2.67. The van der Waals surface area contributed by atoms with Gasteiger partial charge in [-0.2, -0.15) is 0 Å². The number of rotatable bonds is 5. The monoisotopic (exact) mass is 314 g/mol. The van der Waals surface area contributed by atoms with Gasteiger partial charge < -0.3 is 15.4 Å². The Morgan fingerprint density at radius 2 is 1.83 bits per heavy atom. The summed E-state index contributed by atoms with van der Waals surface area (Å²) in [4.78, 5) is 14.6. The maximum absolute atomic E-state index is 11.0. The molecule has 1 fully saturated rings. The molecule has 1 aromatic carbocycles. The fourth-order valence-electron chi connectivity index (χ4n) is 2.50. The fourth-order valence-corrected chi connectivity index (χ4v) is 2.50. The van der Waals surface area contributed by atoms with Gasteiger partial charge in [-0.05, 0) is 43.2 Å². The first-order valence-corrected chi connectivity index (χ1v) is 7.53. The smallest absolute Gasteiger partial charge is 0.311 e. The summed E-state index contributed by atoms with van der Waals surface area (Å²) < 4.78 is 5.34. The van der Waals surface area contributed by atoms with E-state index in [1.54, 1.807) is 6.07 Å². The van der Waals surface area contributed by atoms with Crippen LogP contribution in [0.1, 0.15) is 12.8 Å². The van der Waals surface area contributed by atoms with Crippen LogP contribution in [0.15, 0.2) is 42.6 Å². The summed E-state index contributed by atoms with van der Waals surface area (Å²) in [5, 5.41) is 17.4. The number of nitrogens with zero attached hydrogens (tertiary/aromatic N) is 2. The van der Waals surface area contributed by atoms with Crippen molar-refractivity contribution in [3.63, 3.8) is 0 Å². The van der Waals surface area contributed by atoms with Gasteiger partial charge in [0.2, 0.25) is 5.82 Å². The van der Waals surface area contributed by atoms with Crippen LogP contribution in [-0.4, -0.2) is 29.2 Å². The van der Waals surface area contributed by atoms with Crippen molar-refractivity contribution in [3.05, 3.63) is 52.7 Å². The third-order valence-corrected chi connectivity index (χ3v) is 3.72. The van der Waals surface area contributed by atoms with Crippen molar-refractivity contribution in [1.29, 1.82) is 0 Å². The molecule has 0 saturated carbocycles. The Balaban J connectivity index is 1.67. The predicted molar refractivity (Wildman–Crippen MR) is 88.1 cm³/mol. The summed E-state index contributed by atoms with van der Waals surface area (Å²) in [6.07, 6.45) is 3.52. The van der Waals surface area contributed by atoms with Gasteiger partial charge in [0.25, 0.3) is 0 Å². The molecule has 2 N–H and O–H groups in total. The van der Waals surface area contributed by atoms with Crippen molar-refractivity contribution in [2.75, 3.05) is 23.8 Å². The molecule has 3 rings (SSSR count). The van der Waals surface area contributed by atoms with Gasteiger partial charge in [0.05, 0.1) is 4.92 Å². The number of nitrogens with one attached hydrogen (secondary N) is 2. The van der Waals surface area contributed by atoms with Crippen molar-refractivity contribution < 1.29 is 9.66 Å². The number of pyridine rings is 1. The third-order valence-electron chi connectivity index (χ3n) is 3.72. The molecule has 0 atom stereocenters. The normalized spacial score (nSPS) is 15.1. The molecule has 0 amide bonds. The van der Waals surface area contributed by atoms with E-state index in [0.29, 0.717) is 6.04 Å². The summed E-state index contributed by atoms with van der Waals surface area (Å²) in [6.45, 7) is 1.58. The Labute approximate surface area is 133 Å². The molecule has 1 saturated heterocycles. The van der Waals surface area contributed by atoms with E-state index in [4.69, 9.17) is 4.74 Å². The highest BCUT2D eigenvalue weighted by Gasteiger charge is 2.15. The van der Waals surface area contributed by atoms with Gasteiger partial charge in [0.15, 0.2) is 0 Å². The summed E-state index contributed by atoms with van der Waals surface area (Å²) in [6, 6.07) is 11.1. The Bertz CT molecular complexity index is 669. The number of benzene rings is 1. The van der Waals surface area contributed by atoms with Crippen LogP contribution in [0.2, 0.25) is 0 Å². The molecule has 1 aromatic heterocycles. The van der Waals surface area contributed by atoms with E-state index < -0.39 is 4.92 Å². The minimum absolute atomic E-state index is 0.0445. The van der Waals surface area contributed by atoms with Gasteiger partial charge in [-0.1, -0.05) is 0 Å². The van der Waals surface area contributed by atoms with Crippen LogP contribution in [0.3, 0.4) is 0 Å². The average molecular weight is 314 g/mol. The molecule has 7 heteroatoms. The number of aromatic nitrogens is 1. The van der Waals surface area contributed by atoms with Gasteiger partial charge in [0, 0.05) is 42.9 Å². The van der Waals surface area contributed by atoms with Crippen LogP contribution >= 0.6 is 0 Å². The van der Waals surface area contributed by atoms with Crippen LogP contribution in [0.4, 0.5) is 22.9 Å². The standard InChI is InChI=1S/C16H18N4O3/c21-20(22)15-2-1-9-17-16(15)19-13-5-3-12(4-6-13)18-14-7-10-23-11-8-14/h1-6,9,14,18H,7-8,10-11H2,(H,17,19). The van der Waals surface area contributed by atoms with Gasteiger partial charge in [-0.3, -0.25) is 10.1 Å². The summed E-state index contributed by atoms with van der Waals surface area (Å²) >= 11 is 0. The average Bonchev–Trinajstić information content (AvgIpc) is 2.58. The minimum atomic E-state index is -0.448. The second-order valence-corrected chi connectivity index (χ2v) is 5.36. The number of nitro groups is 1. The zero-order valence-corrected chi connectivity index (χ0v) is 12.6. The lowest BCUT2D eigenvalue weighted by molar-refractivity contribution is -0.384. The molecule has 2 aromatic rings. The zero-order valence-electron chi connectivity index (χ0n) is 12.6. The largest absolute Gasteiger partial charge is 0.382 e. The maximum Gasteiger partial charge on any atom is 0.311 e. The van der Waals surface area contributed by atoms with Crippen molar-refractivity contribution in [3.8, 4) is 0 Å². The van der Waals surface area contributed by atoms with E-state index >= 15 is 0 Å². The van der Waals surface area contributed by atoms with E-state index in [-0.39, 0.29) is 11.5 Å². The second kappa shape index (κ2) is 7.06. The van der Waals surface area contributed by atoms with Crippen molar-refractivity contribution in [2.24, 2.45) is 0 Å². The fraction of sp³-hybridized carbons (Fsp3) is 0.312. The van der Waals surface area contributed by atoms with Crippen molar-refractivity contribution >= 4 is 22.9 Å². The van der Waals surface area contributed by atoms with Gasteiger partial charge in [0.1, 0.15) is 0 Å². The van der Waals surface area contributed by atoms with E-state index in [1.807, 2.05) is 24.3 Å². The van der Waals surface area contributed by atoms with Gasteiger partial charge in [-0.15, -0.1) is 0 Å². The summed E-state index contributed by atoms with van der Waals surface area (Å²) in [5.41, 5.74) is 1.74. The molecule has 1 aliphatic heterocycles. The molecule has 23 heavy (non-hydrogen) atoms. The van der Waals surface area contributed by atoms with E-state index in [1.165, 1.54) is 12.3 Å². The number of ether oxygens (including phenoxy) is 1. The molecule has 7 nitrogen and oxygen atoms in total. The van der Waals surface area contributed by atoms with Crippen LogP contribution in [0, 0.1) is 10.1 Å². The molecular weight excluding hydrogens is 296 g/mol. The van der Waals surface area contributed by atoms with E-state index in [2.05, 4.69) is 15.6 Å². The van der Waals surface area contributed by atoms with Gasteiger partial charge in [-0.25, -0.2) is 4.98 Å². The Morgan fingerprint density at radius 1 is 1.13 bits per heavy atom. The van der Waals surface area contributed by atoms with Crippen LogP contribution in [0.5, 0.6) is 0 Å². The molecule has 2 heterocycles. The molecule has 1 aliphatic rings. The highest BCUT2D eigenvalue weighted by molar-refractivity contribution is 5.66. The first-order chi connectivity index (χ1) is 11.2. The van der Waals surface area contributed by atoms with Crippen molar-refractivity contribution in [2.45, 2.75) is 18.9 Å². The quantitative estimate of drug-likeness (QED) is 0.650. The zero-order chi connectivity index (χ0) is 16.1. The molecular formula is C16H18N4O3. The highest BCUT2D eigenvalue weighted by Crippen LogP contribution is 2.25. The summed E-state index contributed by atoms with van der Waals surface area (Å²) in [7, 11) is 0. The van der Waals surface area contributed by atoms with Crippen LogP contribution in [0.25, 0.3) is 0 Å². The lowest BCUT2D eigenvalue weighted by Gasteiger charge is -2.24. The lowest BCUT2D eigenvalue weighted by Crippen LogP contribution is -2.27. The second-order valence-electron chi connectivity index (χ2n) is 5.36. The van der Waals surface area contributed by atoms with E-state index in [0.717, 1.165) is 37.4 Å². The highest BCUT2D eigenvalue weighted by atomic mass is 16.6. The minimum Gasteiger partial charge on any atom is -0.382 e. The third kappa shape index (κ3) is 3.95. The molecule has 0 bridgehead atoms. The molecule has 120 valence electrons. The molecule has 0 aliphatic carbocycles. The number of anilines is 3. The van der Waals surface area contributed by atoms with Crippen LogP contribution in [-0.2, 0) is 4.74 Å². The van der Waals surface area contributed by atoms with Crippen LogP contribution < -0.4 is 10.6 Å². The van der Waals surface area contributed by atoms with E-state index in [9.17, 15) is 10.1 Å². The predicted octanol–water partition coefficient (Wildman–Crippen LogP) is 3.32. The summed E-state index contributed by atoms with van der Waals surface area (Å²) in [5.74, 6) is 0.239.